The third-order valence-electron chi connectivity index (χ3n) is 6.05. The molecule has 3 nitrogen and oxygen atoms in total. The SMILES string of the molecule is OCc1ccc(/C=c2\o/c(=C\c3ccc(N4CCCCC4)cc3)c3ccccc23)cc1. The van der Waals surface area contributed by atoms with E-state index in [1.807, 2.05) is 30.3 Å². The van der Waals surface area contributed by atoms with Gasteiger partial charge < -0.3 is 14.4 Å². The van der Waals surface area contributed by atoms with Crippen molar-refractivity contribution in [3.8, 4) is 0 Å². The van der Waals surface area contributed by atoms with Gasteiger partial charge in [-0.2, -0.15) is 0 Å². The summed E-state index contributed by atoms with van der Waals surface area (Å²) < 4.78 is 6.31. The Bertz CT molecular complexity index is 1280. The summed E-state index contributed by atoms with van der Waals surface area (Å²) in [5.74, 6) is 0. The molecule has 0 saturated carbocycles. The van der Waals surface area contributed by atoms with Gasteiger partial charge >= 0.3 is 0 Å². The molecule has 31 heavy (non-hydrogen) atoms. The van der Waals surface area contributed by atoms with Crippen LogP contribution in [0, 0.1) is 0 Å². The summed E-state index contributed by atoms with van der Waals surface area (Å²) in [6.07, 6.45) is 8.09. The van der Waals surface area contributed by atoms with Gasteiger partial charge in [0, 0.05) is 29.5 Å². The van der Waals surface area contributed by atoms with Crippen molar-refractivity contribution in [1.29, 1.82) is 0 Å². The fourth-order valence-corrected chi connectivity index (χ4v) is 4.31. The molecule has 2 heterocycles. The van der Waals surface area contributed by atoms with Crippen molar-refractivity contribution in [2.24, 2.45) is 0 Å². The van der Waals surface area contributed by atoms with E-state index in [1.165, 1.54) is 24.9 Å². The molecule has 0 aliphatic carbocycles. The second-order valence-corrected chi connectivity index (χ2v) is 8.20. The Kier molecular flexibility index (Phi) is 5.59. The monoisotopic (exact) mass is 409 g/mol. The minimum Gasteiger partial charge on any atom is -0.456 e. The van der Waals surface area contributed by atoms with Gasteiger partial charge in [-0.05, 0) is 60.2 Å². The molecule has 4 aromatic rings. The summed E-state index contributed by atoms with van der Waals surface area (Å²) in [6.45, 7) is 2.37. The first-order valence-corrected chi connectivity index (χ1v) is 11.1. The number of aliphatic hydroxyl groups excluding tert-OH is 1. The zero-order valence-electron chi connectivity index (χ0n) is 17.6. The first-order chi connectivity index (χ1) is 15.3. The number of furan rings is 1. The van der Waals surface area contributed by atoms with E-state index in [4.69, 9.17) is 4.42 Å². The standard InChI is InChI=1S/C28H27NO2/c30-20-23-10-8-21(9-11-23)18-27-25-6-2-3-7-26(25)28(31-27)19-22-12-14-24(15-13-22)29-16-4-1-5-17-29/h2-3,6-15,18-19,30H,1,4-5,16-17,20H2/b27-18-,28-19-. The molecular formula is C28H27NO2. The van der Waals surface area contributed by atoms with Crippen molar-refractivity contribution in [2.45, 2.75) is 25.9 Å². The van der Waals surface area contributed by atoms with Crippen LogP contribution in [0.4, 0.5) is 5.69 Å². The molecule has 0 bridgehead atoms. The topological polar surface area (TPSA) is 36.6 Å². The highest BCUT2D eigenvalue weighted by Gasteiger charge is 2.10. The number of fused-ring (bicyclic) bond motifs is 1. The van der Waals surface area contributed by atoms with Crippen LogP contribution < -0.4 is 15.7 Å². The molecule has 1 fully saturated rings. The molecule has 0 amide bonds. The van der Waals surface area contributed by atoms with E-state index in [0.717, 1.165) is 51.4 Å². The van der Waals surface area contributed by atoms with E-state index in [0.29, 0.717) is 0 Å². The molecule has 0 unspecified atom stereocenters. The van der Waals surface area contributed by atoms with Gasteiger partial charge in [0.15, 0.2) is 0 Å². The van der Waals surface area contributed by atoms with Gasteiger partial charge in [-0.1, -0.05) is 60.7 Å². The first kappa shape index (κ1) is 19.7. The van der Waals surface area contributed by atoms with E-state index in [2.05, 4.69) is 59.5 Å². The van der Waals surface area contributed by atoms with Gasteiger partial charge in [0.25, 0.3) is 0 Å². The van der Waals surface area contributed by atoms with Crippen LogP contribution in [-0.2, 0) is 6.61 Å². The van der Waals surface area contributed by atoms with E-state index in [-0.39, 0.29) is 6.61 Å². The summed E-state index contributed by atoms with van der Waals surface area (Å²) in [4.78, 5) is 2.48. The number of hydrogen-bond acceptors (Lipinski definition) is 3. The molecule has 3 heteroatoms. The summed E-state index contributed by atoms with van der Waals surface area (Å²) in [7, 11) is 0. The molecule has 1 aliphatic heterocycles. The maximum atomic E-state index is 9.26. The van der Waals surface area contributed by atoms with E-state index < -0.39 is 0 Å². The molecule has 1 saturated heterocycles. The lowest BCUT2D eigenvalue weighted by Crippen LogP contribution is -2.29. The van der Waals surface area contributed by atoms with Crippen molar-refractivity contribution in [2.75, 3.05) is 18.0 Å². The molecular weight excluding hydrogens is 382 g/mol. The largest absolute Gasteiger partial charge is 0.456 e. The normalized spacial score (nSPS) is 15.7. The van der Waals surface area contributed by atoms with Crippen molar-refractivity contribution < 1.29 is 9.52 Å². The van der Waals surface area contributed by atoms with Crippen LogP contribution in [0.15, 0.2) is 77.2 Å². The van der Waals surface area contributed by atoms with Crippen LogP contribution in [0.2, 0.25) is 0 Å². The number of benzene rings is 3. The lowest BCUT2D eigenvalue weighted by Gasteiger charge is -2.28. The van der Waals surface area contributed by atoms with Gasteiger partial charge in [-0.25, -0.2) is 0 Å². The number of piperidine rings is 1. The third-order valence-corrected chi connectivity index (χ3v) is 6.05. The predicted octanol–water partition coefficient (Wildman–Crippen LogP) is 4.57. The number of anilines is 1. The molecule has 1 aliphatic rings. The Morgan fingerprint density at radius 2 is 1.26 bits per heavy atom. The second-order valence-electron chi connectivity index (χ2n) is 8.20. The zero-order chi connectivity index (χ0) is 21.0. The lowest BCUT2D eigenvalue weighted by atomic mass is 10.1. The quantitative estimate of drug-likeness (QED) is 0.536. The van der Waals surface area contributed by atoms with Crippen LogP contribution in [0.3, 0.4) is 0 Å². The lowest BCUT2D eigenvalue weighted by molar-refractivity contribution is 0.282. The fourth-order valence-electron chi connectivity index (χ4n) is 4.31. The van der Waals surface area contributed by atoms with Crippen molar-refractivity contribution in [3.05, 3.63) is 100 Å². The Morgan fingerprint density at radius 1 is 0.710 bits per heavy atom. The van der Waals surface area contributed by atoms with Gasteiger partial charge in [0.2, 0.25) is 0 Å². The minimum absolute atomic E-state index is 0.0552. The number of hydrogen-bond donors (Lipinski definition) is 1. The zero-order valence-corrected chi connectivity index (χ0v) is 17.6. The Balaban J connectivity index is 1.52. The van der Waals surface area contributed by atoms with Crippen molar-refractivity contribution in [1.82, 2.24) is 0 Å². The molecule has 3 aromatic carbocycles. The number of nitrogens with zero attached hydrogens (tertiary/aromatic N) is 1. The van der Waals surface area contributed by atoms with Gasteiger partial charge in [0.05, 0.1) is 6.61 Å². The van der Waals surface area contributed by atoms with Crippen LogP contribution in [0.5, 0.6) is 0 Å². The highest BCUT2D eigenvalue weighted by atomic mass is 16.3. The summed E-state index contributed by atoms with van der Waals surface area (Å²) in [5.41, 5.74) is 6.13. The van der Waals surface area contributed by atoms with Crippen LogP contribution >= 0.6 is 0 Å². The van der Waals surface area contributed by atoms with Gasteiger partial charge in [0.1, 0.15) is 10.8 Å². The minimum atomic E-state index is 0.0552. The third kappa shape index (κ3) is 4.28. The average molecular weight is 410 g/mol. The average Bonchev–Trinajstić information content (AvgIpc) is 3.18. The Hall–Kier alpha value is -3.30. The second kappa shape index (κ2) is 8.83. The fraction of sp³-hybridized carbons (Fsp3) is 0.214. The van der Waals surface area contributed by atoms with E-state index >= 15 is 0 Å². The molecule has 0 radical (unpaired) electrons. The van der Waals surface area contributed by atoms with Crippen molar-refractivity contribution in [3.63, 3.8) is 0 Å². The van der Waals surface area contributed by atoms with Crippen LogP contribution in [0.1, 0.15) is 36.0 Å². The first-order valence-electron chi connectivity index (χ1n) is 11.1. The summed E-state index contributed by atoms with van der Waals surface area (Å²) in [5, 5.41) is 11.5. The smallest absolute Gasteiger partial charge is 0.136 e. The maximum absolute atomic E-state index is 9.26. The molecule has 0 atom stereocenters. The highest BCUT2D eigenvalue weighted by Crippen LogP contribution is 2.20. The van der Waals surface area contributed by atoms with E-state index in [1.54, 1.807) is 0 Å². The Morgan fingerprint density at radius 3 is 1.81 bits per heavy atom. The van der Waals surface area contributed by atoms with Gasteiger partial charge in [-0.15, -0.1) is 0 Å². The number of aliphatic hydroxyl groups is 1. The Labute approximate surface area is 182 Å². The van der Waals surface area contributed by atoms with Crippen LogP contribution in [0.25, 0.3) is 22.9 Å². The predicted molar refractivity (Wildman–Crippen MR) is 127 cm³/mol. The molecule has 0 spiro atoms. The molecule has 1 aromatic heterocycles. The molecule has 1 N–H and O–H groups in total. The number of rotatable bonds is 4. The highest BCUT2D eigenvalue weighted by molar-refractivity contribution is 5.84. The van der Waals surface area contributed by atoms with Gasteiger partial charge in [-0.3, -0.25) is 0 Å². The summed E-state index contributed by atoms with van der Waals surface area (Å²) >= 11 is 0. The summed E-state index contributed by atoms with van der Waals surface area (Å²) in [6, 6.07) is 25.0. The van der Waals surface area contributed by atoms with E-state index in [9.17, 15) is 5.11 Å². The van der Waals surface area contributed by atoms with Crippen LogP contribution in [-0.4, -0.2) is 18.2 Å². The maximum Gasteiger partial charge on any atom is 0.136 e. The molecule has 156 valence electrons. The molecule has 5 rings (SSSR count). The van der Waals surface area contributed by atoms with Crippen molar-refractivity contribution >= 4 is 28.6 Å².